The lowest BCUT2D eigenvalue weighted by Gasteiger charge is -2.31. The third-order valence-electron chi connectivity index (χ3n) is 12.8. The second kappa shape index (κ2) is 13.0. The molecule has 0 aliphatic heterocycles. The van der Waals surface area contributed by atoms with Gasteiger partial charge in [-0.3, -0.25) is 19.2 Å². The first-order chi connectivity index (χ1) is 27.4. The van der Waals surface area contributed by atoms with E-state index in [-0.39, 0.29) is 34.0 Å². The van der Waals surface area contributed by atoms with Crippen LogP contribution in [0.2, 0.25) is 0 Å². The average Bonchev–Trinajstić information content (AvgIpc) is 3.14. The lowest BCUT2D eigenvalue weighted by molar-refractivity contribution is 0.0839. The van der Waals surface area contributed by atoms with E-state index >= 15 is 0 Å². The number of rotatable bonds is 6. The normalized spacial score (nSPS) is 15.5. The molecule has 0 spiro atoms. The summed E-state index contributed by atoms with van der Waals surface area (Å²) in [5.74, 6) is -1.72. The van der Waals surface area contributed by atoms with Crippen LogP contribution in [0.1, 0.15) is 156 Å². The molecule has 0 fully saturated rings. The maximum atomic E-state index is 14.8. The van der Waals surface area contributed by atoms with E-state index in [1.54, 1.807) is 0 Å². The van der Waals surface area contributed by atoms with Crippen LogP contribution in [0.4, 0.5) is 0 Å². The van der Waals surface area contributed by atoms with Crippen molar-refractivity contribution in [2.24, 2.45) is 11.8 Å². The van der Waals surface area contributed by atoms with Gasteiger partial charge in [0.1, 0.15) is 11.8 Å². The molecule has 0 N–H and O–H groups in total. The highest BCUT2D eigenvalue weighted by molar-refractivity contribution is 6.43. The summed E-state index contributed by atoms with van der Waals surface area (Å²) in [6.45, 7) is 21.6. The highest BCUT2D eigenvalue weighted by Crippen LogP contribution is 2.50. The van der Waals surface area contributed by atoms with Gasteiger partial charge in [-0.15, -0.1) is 0 Å². The molecule has 0 saturated carbocycles. The first-order valence-electron chi connectivity index (χ1n) is 21.0. The fraction of sp³-hybridized carbons (Fsp3) is 0.333. The Morgan fingerprint density at radius 3 is 1.28 bits per heavy atom. The zero-order chi connectivity index (χ0) is 41.3. The number of carbonyl (C=O) groups is 4. The molecule has 0 atom stereocenters. The lowest BCUT2D eigenvalue weighted by atomic mass is 9.70. The minimum absolute atomic E-state index is 0.150. The maximum absolute atomic E-state index is 14.8. The molecule has 4 nitrogen and oxygen atoms in total. The fourth-order valence-corrected chi connectivity index (χ4v) is 10.2. The summed E-state index contributed by atoms with van der Waals surface area (Å²) in [5.41, 5.74) is 7.73. The second-order valence-corrected chi connectivity index (χ2v) is 20.0. The quantitative estimate of drug-likeness (QED) is 0.0960. The number of Topliss-reactive ketones (excluding diaryl/α,β-unsaturated/α-hetero) is 4. The van der Waals surface area contributed by atoms with Gasteiger partial charge in [0.05, 0.1) is 0 Å². The van der Waals surface area contributed by atoms with E-state index in [2.05, 4.69) is 106 Å². The molecule has 0 bridgehead atoms. The molecule has 0 unspecified atom stereocenters. The second-order valence-electron chi connectivity index (χ2n) is 20.0. The van der Waals surface area contributed by atoms with E-state index in [1.807, 2.05) is 48.5 Å². The predicted octanol–water partition coefficient (Wildman–Crippen LogP) is 13.1. The molecular formula is C54H52O4. The summed E-state index contributed by atoms with van der Waals surface area (Å²) in [4.78, 5) is 59.2. The van der Waals surface area contributed by atoms with E-state index in [0.717, 1.165) is 78.5 Å². The number of carbonyl (C=O) groups excluding carboxylic acids is 4. The van der Waals surface area contributed by atoms with Crippen molar-refractivity contribution < 1.29 is 19.2 Å². The summed E-state index contributed by atoms with van der Waals surface area (Å²) < 4.78 is 0. The predicted molar refractivity (Wildman–Crippen MR) is 238 cm³/mol. The van der Waals surface area contributed by atoms with Crippen LogP contribution >= 0.6 is 0 Å². The van der Waals surface area contributed by atoms with Gasteiger partial charge in [0.25, 0.3) is 0 Å². The molecule has 292 valence electrons. The molecule has 0 aromatic heterocycles. The van der Waals surface area contributed by atoms with Crippen molar-refractivity contribution in [3.05, 3.63) is 141 Å². The molecule has 7 aromatic carbocycles. The molecule has 0 heterocycles. The van der Waals surface area contributed by atoms with Crippen LogP contribution < -0.4 is 0 Å². The van der Waals surface area contributed by atoms with Crippen molar-refractivity contribution >= 4 is 66.2 Å². The number of hydrogen-bond acceptors (Lipinski definition) is 4. The van der Waals surface area contributed by atoms with E-state index in [4.69, 9.17) is 0 Å². The van der Waals surface area contributed by atoms with Gasteiger partial charge in [-0.05, 0) is 101 Å². The molecule has 2 aliphatic rings. The minimum Gasteiger partial charge on any atom is -0.293 e. The SMILES string of the molecule is CC(C)Cc1ccc(C(C)(C)C)c(C2C(=O)c3ccc4c5ccc6c7c(ccc(c8ccc(c3c48)C2=O)c75)C(=O)C(c2cc(C(C)(C)C)ccc2CC(C)C)C6=O)c1. The van der Waals surface area contributed by atoms with Gasteiger partial charge >= 0.3 is 0 Å². The van der Waals surface area contributed by atoms with Gasteiger partial charge in [0.2, 0.25) is 0 Å². The average molecular weight is 765 g/mol. The summed E-state index contributed by atoms with van der Waals surface area (Å²) in [7, 11) is 0. The Morgan fingerprint density at radius 1 is 0.448 bits per heavy atom. The smallest absolute Gasteiger partial charge is 0.178 e. The van der Waals surface area contributed by atoms with E-state index < -0.39 is 11.8 Å². The molecule has 0 saturated heterocycles. The Bertz CT molecular complexity index is 2820. The monoisotopic (exact) mass is 764 g/mol. The van der Waals surface area contributed by atoms with E-state index in [0.29, 0.717) is 44.9 Å². The van der Waals surface area contributed by atoms with Gasteiger partial charge in [0, 0.05) is 33.0 Å². The topological polar surface area (TPSA) is 68.3 Å². The molecule has 9 rings (SSSR count). The number of fused-ring (bicyclic) bond motifs is 2. The van der Waals surface area contributed by atoms with Gasteiger partial charge in [-0.25, -0.2) is 0 Å². The van der Waals surface area contributed by atoms with Crippen molar-refractivity contribution in [1.82, 2.24) is 0 Å². The summed E-state index contributed by atoms with van der Waals surface area (Å²) in [6.07, 6.45) is 1.64. The van der Waals surface area contributed by atoms with Crippen LogP contribution in [0.25, 0.3) is 43.1 Å². The van der Waals surface area contributed by atoms with Crippen LogP contribution in [0, 0.1) is 11.8 Å². The third-order valence-corrected chi connectivity index (χ3v) is 12.8. The van der Waals surface area contributed by atoms with Gasteiger partial charge in [-0.2, -0.15) is 0 Å². The summed E-state index contributed by atoms with van der Waals surface area (Å²) in [5, 5.41) is 6.75. The van der Waals surface area contributed by atoms with Crippen LogP contribution in [0.3, 0.4) is 0 Å². The van der Waals surface area contributed by atoms with Crippen LogP contribution in [0.15, 0.2) is 84.9 Å². The minimum atomic E-state index is -0.925. The zero-order valence-corrected chi connectivity index (χ0v) is 35.4. The third kappa shape index (κ3) is 5.62. The number of hydrogen-bond donors (Lipinski definition) is 0. The van der Waals surface area contributed by atoms with Gasteiger partial charge < -0.3 is 0 Å². The highest BCUT2D eigenvalue weighted by Gasteiger charge is 2.42. The first kappa shape index (κ1) is 38.1. The van der Waals surface area contributed by atoms with E-state index in [9.17, 15) is 19.2 Å². The van der Waals surface area contributed by atoms with Gasteiger partial charge in [-0.1, -0.05) is 154 Å². The molecule has 2 aliphatic carbocycles. The van der Waals surface area contributed by atoms with Gasteiger partial charge in [0.15, 0.2) is 23.1 Å². The van der Waals surface area contributed by atoms with Crippen molar-refractivity contribution in [2.75, 3.05) is 0 Å². The lowest BCUT2D eigenvalue weighted by Crippen LogP contribution is -2.30. The first-order valence-corrected chi connectivity index (χ1v) is 21.0. The zero-order valence-electron chi connectivity index (χ0n) is 35.4. The van der Waals surface area contributed by atoms with Crippen molar-refractivity contribution in [2.45, 2.75) is 105 Å². The number of ketones is 4. The summed E-state index contributed by atoms with van der Waals surface area (Å²) >= 11 is 0. The standard InChI is InChI=1S/C54H52O4/c1-27(2)23-29-11-22-42(54(8,9)10)41(25-29)48-51(57)38-20-16-34-32-14-18-36-45-37(19-15-33(43(32)45)35-17-21-39(52(48)58)46(38)44(34)35)50(56)47(49(36)55)40-26-31(53(5,6)7)13-12-30(40)24-28(3)4/h11-22,25-28,47-48H,23-24H2,1-10H3. The highest BCUT2D eigenvalue weighted by atomic mass is 16.2. The summed E-state index contributed by atoms with van der Waals surface area (Å²) in [6, 6.07) is 28.3. The van der Waals surface area contributed by atoms with Crippen LogP contribution in [-0.4, -0.2) is 23.1 Å². The molecule has 4 heteroatoms. The Labute approximate surface area is 341 Å². The van der Waals surface area contributed by atoms with Crippen molar-refractivity contribution in [3.8, 4) is 0 Å². The Balaban J connectivity index is 1.23. The Morgan fingerprint density at radius 2 is 0.879 bits per heavy atom. The fourth-order valence-electron chi connectivity index (χ4n) is 10.2. The molecule has 0 radical (unpaired) electrons. The van der Waals surface area contributed by atoms with Crippen LogP contribution in [0.5, 0.6) is 0 Å². The number of benzene rings is 7. The van der Waals surface area contributed by atoms with Crippen molar-refractivity contribution in [1.29, 1.82) is 0 Å². The maximum Gasteiger partial charge on any atom is 0.178 e. The Hall–Kier alpha value is -5.48. The molecular weight excluding hydrogens is 713 g/mol. The molecule has 0 amide bonds. The van der Waals surface area contributed by atoms with Crippen molar-refractivity contribution in [3.63, 3.8) is 0 Å². The largest absolute Gasteiger partial charge is 0.293 e. The van der Waals surface area contributed by atoms with E-state index in [1.165, 1.54) is 0 Å². The molecule has 58 heavy (non-hydrogen) atoms. The molecule has 7 aromatic rings. The Kier molecular flexibility index (Phi) is 8.54. The van der Waals surface area contributed by atoms with Crippen LogP contribution in [-0.2, 0) is 23.7 Å².